The molecule has 104 valence electrons. The van der Waals surface area contributed by atoms with Gasteiger partial charge in [-0.3, -0.25) is 5.10 Å². The fourth-order valence-corrected chi connectivity index (χ4v) is 1.78. The summed E-state index contributed by atoms with van der Waals surface area (Å²) < 4.78 is 27.2. The molecule has 1 aromatic heterocycles. The fraction of sp³-hybridized carbons (Fsp3) is 0.308. The van der Waals surface area contributed by atoms with Crippen LogP contribution in [0.5, 0.6) is 0 Å². The summed E-state index contributed by atoms with van der Waals surface area (Å²) in [5.74, 6) is -0.629. The molecule has 1 aromatic carbocycles. The molecule has 0 radical (unpaired) electrons. The molecule has 5 nitrogen and oxygen atoms in total. The van der Waals surface area contributed by atoms with Gasteiger partial charge in [0.1, 0.15) is 23.8 Å². The van der Waals surface area contributed by atoms with Crippen LogP contribution in [0, 0.1) is 23.0 Å². The summed E-state index contributed by atoms with van der Waals surface area (Å²) in [6, 6.07) is 3.78. The minimum absolute atomic E-state index is 0.0194. The van der Waals surface area contributed by atoms with Crippen LogP contribution >= 0.6 is 0 Å². The van der Waals surface area contributed by atoms with E-state index in [0.29, 0.717) is 13.0 Å². The number of aryl methyl sites for hydroxylation is 1. The van der Waals surface area contributed by atoms with E-state index < -0.39 is 11.6 Å². The van der Waals surface area contributed by atoms with Crippen LogP contribution in [0.1, 0.15) is 23.4 Å². The van der Waals surface area contributed by atoms with E-state index in [9.17, 15) is 8.78 Å². The van der Waals surface area contributed by atoms with Crippen molar-refractivity contribution in [3.05, 3.63) is 47.0 Å². The SMILES string of the molecule is N#Cc1cc(F)c(CNCCCc2ncn[nH]2)c(F)c1. The molecule has 0 saturated heterocycles. The first-order chi connectivity index (χ1) is 9.70. The van der Waals surface area contributed by atoms with Crippen molar-refractivity contribution in [2.75, 3.05) is 6.54 Å². The zero-order chi connectivity index (χ0) is 14.4. The second-order valence-corrected chi connectivity index (χ2v) is 4.24. The van der Waals surface area contributed by atoms with Crippen molar-refractivity contribution in [3.63, 3.8) is 0 Å². The Morgan fingerprint density at radius 3 is 2.65 bits per heavy atom. The Morgan fingerprint density at radius 2 is 2.05 bits per heavy atom. The van der Waals surface area contributed by atoms with Crippen LogP contribution in [-0.2, 0) is 13.0 Å². The number of nitriles is 1. The van der Waals surface area contributed by atoms with Crippen LogP contribution in [-0.4, -0.2) is 21.7 Å². The van der Waals surface area contributed by atoms with Gasteiger partial charge in [0.2, 0.25) is 0 Å². The van der Waals surface area contributed by atoms with Gasteiger partial charge in [-0.05, 0) is 25.1 Å². The average molecular weight is 277 g/mol. The number of nitrogens with one attached hydrogen (secondary N) is 2. The van der Waals surface area contributed by atoms with E-state index in [2.05, 4.69) is 20.5 Å². The van der Waals surface area contributed by atoms with Gasteiger partial charge in [0.15, 0.2) is 0 Å². The minimum atomic E-state index is -0.704. The van der Waals surface area contributed by atoms with E-state index in [4.69, 9.17) is 5.26 Å². The van der Waals surface area contributed by atoms with Crippen molar-refractivity contribution < 1.29 is 8.78 Å². The van der Waals surface area contributed by atoms with Crippen LogP contribution in [0.25, 0.3) is 0 Å². The molecule has 1 heterocycles. The molecule has 0 fully saturated rings. The van der Waals surface area contributed by atoms with Crippen molar-refractivity contribution in [3.8, 4) is 6.07 Å². The largest absolute Gasteiger partial charge is 0.312 e. The number of aromatic nitrogens is 3. The molecule has 0 atom stereocenters. The normalized spacial score (nSPS) is 10.4. The lowest BCUT2D eigenvalue weighted by Crippen LogP contribution is -2.17. The van der Waals surface area contributed by atoms with Gasteiger partial charge in [0, 0.05) is 18.5 Å². The molecule has 0 aliphatic carbocycles. The first-order valence-electron chi connectivity index (χ1n) is 6.13. The third kappa shape index (κ3) is 3.59. The second kappa shape index (κ2) is 6.73. The number of aromatic amines is 1. The van der Waals surface area contributed by atoms with Crippen LogP contribution in [0.15, 0.2) is 18.5 Å². The predicted molar refractivity (Wildman–Crippen MR) is 67.5 cm³/mol. The summed E-state index contributed by atoms with van der Waals surface area (Å²) in [7, 11) is 0. The highest BCUT2D eigenvalue weighted by atomic mass is 19.1. The summed E-state index contributed by atoms with van der Waals surface area (Å²) in [6.07, 6.45) is 2.92. The quantitative estimate of drug-likeness (QED) is 0.787. The number of hydrogen-bond donors (Lipinski definition) is 2. The topological polar surface area (TPSA) is 77.4 Å². The highest BCUT2D eigenvalue weighted by Crippen LogP contribution is 2.14. The molecule has 20 heavy (non-hydrogen) atoms. The third-order valence-electron chi connectivity index (χ3n) is 2.80. The van der Waals surface area contributed by atoms with Crippen LogP contribution in [0.3, 0.4) is 0 Å². The Bertz CT molecular complexity index is 581. The van der Waals surface area contributed by atoms with E-state index in [1.807, 2.05) is 0 Å². The van der Waals surface area contributed by atoms with E-state index in [1.54, 1.807) is 6.07 Å². The number of rotatable bonds is 6. The standard InChI is InChI=1S/C13H13F2N5/c14-11-4-9(6-16)5-12(15)10(11)7-17-3-1-2-13-18-8-19-20-13/h4-5,8,17H,1-3,7H2,(H,18,19,20). The maximum Gasteiger partial charge on any atom is 0.137 e. The fourth-order valence-electron chi connectivity index (χ4n) is 1.78. The molecule has 0 amide bonds. The van der Waals surface area contributed by atoms with Crippen LogP contribution in [0.2, 0.25) is 0 Å². The van der Waals surface area contributed by atoms with Gasteiger partial charge in [-0.15, -0.1) is 0 Å². The molecule has 2 aromatic rings. The van der Waals surface area contributed by atoms with Gasteiger partial charge in [0.05, 0.1) is 11.6 Å². The second-order valence-electron chi connectivity index (χ2n) is 4.24. The summed E-state index contributed by atoms with van der Waals surface area (Å²) in [4.78, 5) is 3.97. The van der Waals surface area contributed by atoms with Crippen LogP contribution < -0.4 is 5.32 Å². The monoisotopic (exact) mass is 277 g/mol. The lowest BCUT2D eigenvalue weighted by atomic mass is 10.1. The number of benzene rings is 1. The van der Waals surface area contributed by atoms with Gasteiger partial charge in [-0.25, -0.2) is 13.8 Å². The molecular formula is C13H13F2N5. The van der Waals surface area contributed by atoms with Gasteiger partial charge >= 0.3 is 0 Å². The van der Waals surface area contributed by atoms with E-state index in [1.165, 1.54) is 6.33 Å². The Morgan fingerprint density at radius 1 is 1.30 bits per heavy atom. The predicted octanol–water partition coefficient (Wildman–Crippen LogP) is 1.68. The minimum Gasteiger partial charge on any atom is -0.312 e. The van der Waals surface area contributed by atoms with Crippen molar-refractivity contribution >= 4 is 0 Å². The highest BCUT2D eigenvalue weighted by molar-refractivity contribution is 5.34. The van der Waals surface area contributed by atoms with Gasteiger partial charge in [-0.1, -0.05) is 0 Å². The molecular weight excluding hydrogens is 264 g/mol. The Balaban J connectivity index is 1.81. The molecule has 7 heteroatoms. The lowest BCUT2D eigenvalue weighted by Gasteiger charge is -2.07. The average Bonchev–Trinajstić information content (AvgIpc) is 2.94. The van der Waals surface area contributed by atoms with Gasteiger partial charge < -0.3 is 5.32 Å². The Hall–Kier alpha value is -2.33. The molecule has 0 aliphatic rings. The molecule has 2 N–H and O–H groups in total. The van der Waals surface area contributed by atoms with Gasteiger partial charge in [-0.2, -0.15) is 10.4 Å². The summed E-state index contributed by atoms with van der Waals surface area (Å²) >= 11 is 0. The zero-order valence-electron chi connectivity index (χ0n) is 10.7. The van der Waals surface area contributed by atoms with E-state index in [0.717, 1.165) is 24.4 Å². The first-order valence-corrected chi connectivity index (χ1v) is 6.13. The zero-order valence-corrected chi connectivity index (χ0v) is 10.7. The highest BCUT2D eigenvalue weighted by Gasteiger charge is 2.10. The lowest BCUT2D eigenvalue weighted by molar-refractivity contribution is 0.531. The van der Waals surface area contributed by atoms with Crippen molar-refractivity contribution in [2.45, 2.75) is 19.4 Å². The van der Waals surface area contributed by atoms with Crippen molar-refractivity contribution in [1.82, 2.24) is 20.5 Å². The number of H-pyrrole nitrogens is 1. The summed E-state index contributed by atoms with van der Waals surface area (Å²) in [5, 5.41) is 18.0. The maximum atomic E-state index is 13.6. The summed E-state index contributed by atoms with van der Waals surface area (Å²) in [5.41, 5.74) is -0.0715. The number of nitrogens with zero attached hydrogens (tertiary/aromatic N) is 3. The summed E-state index contributed by atoms with van der Waals surface area (Å²) in [6.45, 7) is 0.680. The van der Waals surface area contributed by atoms with Crippen molar-refractivity contribution in [1.29, 1.82) is 5.26 Å². The molecule has 0 unspecified atom stereocenters. The molecule has 0 aliphatic heterocycles. The first kappa shape index (κ1) is 14.1. The van der Waals surface area contributed by atoms with Crippen molar-refractivity contribution in [2.24, 2.45) is 0 Å². The smallest absolute Gasteiger partial charge is 0.137 e. The van der Waals surface area contributed by atoms with E-state index >= 15 is 0 Å². The maximum absolute atomic E-state index is 13.6. The van der Waals surface area contributed by atoms with Crippen LogP contribution in [0.4, 0.5) is 8.78 Å². The Labute approximate surface area is 114 Å². The number of hydrogen-bond acceptors (Lipinski definition) is 4. The molecule has 2 rings (SSSR count). The van der Waals surface area contributed by atoms with E-state index in [-0.39, 0.29) is 17.7 Å². The Kier molecular flexibility index (Phi) is 4.74. The molecule has 0 saturated carbocycles. The number of halogens is 2. The third-order valence-corrected chi connectivity index (χ3v) is 2.80. The van der Waals surface area contributed by atoms with Gasteiger partial charge in [0.25, 0.3) is 0 Å². The molecule has 0 spiro atoms. The molecule has 0 bridgehead atoms.